The van der Waals surface area contributed by atoms with E-state index >= 15 is 0 Å². The molecule has 0 amide bonds. The molecule has 4 heteroatoms. The van der Waals surface area contributed by atoms with Gasteiger partial charge in [-0.05, 0) is 6.20 Å². The van der Waals surface area contributed by atoms with E-state index in [0.29, 0.717) is 0 Å². The molecule has 1 aromatic heterocycles. The Kier molecular flexibility index (Phi) is 7.72. The average molecular weight is 336 g/mol. The Balaban J connectivity index is 0.000000845. The molecule has 2 radical (unpaired) electrons. The van der Waals surface area contributed by atoms with Crippen LogP contribution in [-0.2, 0) is 71.8 Å². The number of fused-ring (bicyclic) bond motifs is 1. The molecule has 14 heavy (non-hydrogen) atoms. The van der Waals surface area contributed by atoms with Gasteiger partial charge in [0.1, 0.15) is 0 Å². The van der Waals surface area contributed by atoms with Crippen LogP contribution in [0.5, 0.6) is 0 Å². The molecule has 0 fully saturated rings. The van der Waals surface area contributed by atoms with Gasteiger partial charge >= 0.3 is 0 Å². The fourth-order valence-electron chi connectivity index (χ4n) is 1.36. The molecule has 0 spiro atoms. The topological polar surface area (TPSA) is 41.8 Å². The Morgan fingerprint density at radius 2 is 2.21 bits per heavy atom. The number of rotatable bonds is 2. The Labute approximate surface area is 134 Å². The van der Waals surface area contributed by atoms with Gasteiger partial charge in [-0.15, -0.1) is 17.0 Å². The molecule has 0 aliphatic carbocycles. The van der Waals surface area contributed by atoms with Gasteiger partial charge in [0.25, 0.3) is 0 Å². The van der Waals surface area contributed by atoms with Crippen molar-refractivity contribution in [1.29, 1.82) is 0 Å². The van der Waals surface area contributed by atoms with E-state index in [1.54, 1.807) is 6.54 Å². The van der Waals surface area contributed by atoms with Crippen molar-refractivity contribution >= 4 is 10.9 Å². The summed E-state index contributed by atoms with van der Waals surface area (Å²) in [6, 6.07) is 8.93. The van der Waals surface area contributed by atoms with Crippen molar-refractivity contribution in [2.24, 2.45) is 5.73 Å². The van der Waals surface area contributed by atoms with Gasteiger partial charge in [-0.1, -0.05) is 5.52 Å². The minimum atomic E-state index is 0. The molecule has 0 saturated carbocycles. The molecule has 0 saturated heterocycles. The van der Waals surface area contributed by atoms with Crippen LogP contribution in [0.3, 0.4) is 0 Å². The van der Waals surface area contributed by atoms with Gasteiger partial charge in [0.2, 0.25) is 0 Å². The minimum absolute atomic E-state index is 0. The van der Waals surface area contributed by atoms with Crippen molar-refractivity contribution in [2.75, 3.05) is 0 Å². The maximum absolute atomic E-state index is 5.36. The first-order valence-electron chi connectivity index (χ1n) is 3.91. The second kappa shape index (κ2) is 7.24. The summed E-state index contributed by atoms with van der Waals surface area (Å²) in [4.78, 5) is 3.18. The van der Waals surface area contributed by atoms with Gasteiger partial charge in [0.15, 0.2) is 0 Å². The normalized spacial score (nSPS) is 9.21. The van der Waals surface area contributed by atoms with E-state index in [2.05, 4.69) is 11.1 Å². The molecule has 2 rings (SSSR count). The van der Waals surface area contributed by atoms with Crippen LogP contribution in [-0.4, -0.2) is 4.98 Å². The predicted molar refractivity (Wildman–Crippen MR) is 49.3 cm³/mol. The van der Waals surface area contributed by atoms with Crippen molar-refractivity contribution in [3.05, 3.63) is 42.6 Å². The minimum Gasteiger partial charge on any atom is -0.483 e. The molecule has 0 bridgehead atoms. The Morgan fingerprint density at radius 1 is 1.43 bits per heavy atom. The number of H-pyrrole nitrogens is 1. The Bertz CT molecular complexity index is 384. The molecule has 68 valence electrons. The summed E-state index contributed by atoms with van der Waals surface area (Å²) in [5.74, 6) is 0. The van der Waals surface area contributed by atoms with Crippen LogP contribution in [0.15, 0.2) is 24.4 Å². The maximum Gasteiger partial charge on any atom is 0 e. The van der Waals surface area contributed by atoms with Crippen LogP contribution in [0, 0.1) is 12.6 Å². The first kappa shape index (κ1) is 14.9. The summed E-state index contributed by atoms with van der Waals surface area (Å²) in [5.41, 5.74) is 7.73. The summed E-state index contributed by atoms with van der Waals surface area (Å²) in [6.07, 6.45) is 2.79. The number of benzene rings is 1. The van der Waals surface area contributed by atoms with E-state index in [1.165, 1.54) is 10.9 Å². The fourth-order valence-corrected chi connectivity index (χ4v) is 1.36. The summed E-state index contributed by atoms with van der Waals surface area (Å²) >= 11 is 0. The van der Waals surface area contributed by atoms with E-state index in [4.69, 9.17) is 5.73 Å². The number of nitrogens with one attached hydrogen (secondary N) is 1. The standard InChI is InChI=1S/C10H10N2.2Y/c11-6-5-8-7-12-10-4-2-1-3-9(8)10;;/h2-4,6-7,12H,5,11H2;;/q-2;;. The monoisotopic (exact) mass is 336 g/mol. The zero-order valence-electron chi connectivity index (χ0n) is 7.83. The van der Waals surface area contributed by atoms with Crippen LogP contribution >= 0.6 is 0 Å². The summed E-state index contributed by atoms with van der Waals surface area (Å²) in [7, 11) is 0. The van der Waals surface area contributed by atoms with Crippen molar-refractivity contribution in [1.82, 2.24) is 4.98 Å². The van der Waals surface area contributed by atoms with Crippen LogP contribution in [0.1, 0.15) is 5.56 Å². The van der Waals surface area contributed by atoms with Crippen LogP contribution in [0.25, 0.3) is 10.9 Å². The smallest absolute Gasteiger partial charge is 0 e. The Hall–Kier alpha value is 0.928. The number of hydrogen-bond donors (Lipinski definition) is 2. The van der Waals surface area contributed by atoms with Crippen molar-refractivity contribution in [2.45, 2.75) is 6.42 Å². The molecule has 0 unspecified atom stereocenters. The second-order valence-electron chi connectivity index (χ2n) is 2.73. The Morgan fingerprint density at radius 3 is 2.93 bits per heavy atom. The number of nitrogens with two attached hydrogens (primary N) is 1. The van der Waals surface area contributed by atoms with Crippen molar-refractivity contribution in [3.8, 4) is 0 Å². The summed E-state index contributed by atoms with van der Waals surface area (Å²) in [5, 5.41) is 1.21. The molecule has 2 aromatic rings. The third-order valence-electron chi connectivity index (χ3n) is 1.95. The summed E-state index contributed by atoms with van der Waals surface area (Å²) < 4.78 is 0. The van der Waals surface area contributed by atoms with Crippen LogP contribution in [0.2, 0.25) is 0 Å². The SMILES string of the molecule is N[CH-]Cc1c[nH]c2cc[c-]cc12.[Y].[Y]. The molecular formula is C10H10N2Y2-2. The van der Waals surface area contributed by atoms with E-state index in [1.807, 2.05) is 24.4 Å². The molecule has 2 nitrogen and oxygen atoms in total. The van der Waals surface area contributed by atoms with E-state index in [0.717, 1.165) is 11.9 Å². The van der Waals surface area contributed by atoms with Gasteiger partial charge in [-0.2, -0.15) is 24.6 Å². The third kappa shape index (κ3) is 3.21. The van der Waals surface area contributed by atoms with E-state index < -0.39 is 0 Å². The molecular weight excluding hydrogens is 326 g/mol. The zero-order valence-corrected chi connectivity index (χ0v) is 13.5. The van der Waals surface area contributed by atoms with E-state index in [-0.39, 0.29) is 65.4 Å². The number of aromatic nitrogens is 1. The van der Waals surface area contributed by atoms with E-state index in [9.17, 15) is 0 Å². The summed E-state index contributed by atoms with van der Waals surface area (Å²) in [6.45, 7) is 1.66. The molecule has 0 aliphatic heterocycles. The predicted octanol–water partition coefficient (Wildman–Crippen LogP) is 1.63. The maximum atomic E-state index is 5.36. The van der Waals surface area contributed by atoms with Crippen LogP contribution < -0.4 is 5.73 Å². The number of aromatic amines is 1. The molecule has 0 atom stereocenters. The van der Waals surface area contributed by atoms with Gasteiger partial charge in [-0.3, -0.25) is 6.54 Å². The van der Waals surface area contributed by atoms with Crippen molar-refractivity contribution < 1.29 is 65.4 Å². The molecule has 1 aromatic carbocycles. The molecule has 0 aliphatic rings. The largest absolute Gasteiger partial charge is 0.483 e. The zero-order chi connectivity index (χ0) is 8.39. The fraction of sp³-hybridized carbons (Fsp3) is 0.100. The average Bonchev–Trinajstić information content (AvgIpc) is 2.50. The van der Waals surface area contributed by atoms with Gasteiger partial charge in [0, 0.05) is 65.4 Å². The quantitative estimate of drug-likeness (QED) is 0.805. The first-order chi connectivity index (χ1) is 5.92. The van der Waals surface area contributed by atoms with Crippen LogP contribution in [0.4, 0.5) is 0 Å². The first-order valence-corrected chi connectivity index (χ1v) is 3.91. The third-order valence-corrected chi connectivity index (χ3v) is 1.95. The van der Waals surface area contributed by atoms with Gasteiger partial charge in [0.05, 0.1) is 0 Å². The number of hydrogen-bond acceptors (Lipinski definition) is 1. The second-order valence-corrected chi connectivity index (χ2v) is 2.73. The van der Waals surface area contributed by atoms with Gasteiger partial charge in [-0.25, -0.2) is 0 Å². The molecule has 3 N–H and O–H groups in total. The molecule has 1 heterocycles. The van der Waals surface area contributed by atoms with Gasteiger partial charge < -0.3 is 10.7 Å². The van der Waals surface area contributed by atoms with Crippen molar-refractivity contribution in [3.63, 3.8) is 0 Å².